The summed E-state index contributed by atoms with van der Waals surface area (Å²) in [5, 5.41) is 3.65. The first-order chi connectivity index (χ1) is 7.25. The van der Waals surface area contributed by atoms with Gasteiger partial charge in [-0.2, -0.15) is 0 Å². The number of likely N-dealkylation sites (N-methyl/N-ethyl adjacent to an activating group) is 1. The lowest BCUT2D eigenvalue weighted by molar-refractivity contribution is 0.153. The number of nitrogens with zero attached hydrogens (tertiary/aromatic N) is 2. The first-order valence-electron chi connectivity index (χ1n) is 6.40. The molecule has 0 aromatic carbocycles. The second-order valence-corrected chi connectivity index (χ2v) is 5.23. The maximum absolute atomic E-state index is 3.65. The standard InChI is InChI=1S/C12H25N3/c1-11(12-3-4-12)13-5-6-15-9-7-14(2)8-10-15/h11-13H,3-10H2,1-2H3. The van der Waals surface area contributed by atoms with Gasteiger partial charge in [0.05, 0.1) is 0 Å². The number of piperazine rings is 1. The quantitative estimate of drug-likeness (QED) is 0.719. The van der Waals surface area contributed by atoms with Crippen LogP contribution in [0.3, 0.4) is 0 Å². The molecule has 2 fully saturated rings. The molecule has 0 aromatic rings. The van der Waals surface area contributed by atoms with Gasteiger partial charge in [0.1, 0.15) is 0 Å². The van der Waals surface area contributed by atoms with E-state index in [0.717, 1.165) is 12.0 Å². The third-order valence-corrected chi connectivity index (χ3v) is 3.82. The summed E-state index contributed by atoms with van der Waals surface area (Å²) in [7, 11) is 2.21. The van der Waals surface area contributed by atoms with E-state index < -0.39 is 0 Å². The predicted octanol–water partition coefficient (Wildman–Crippen LogP) is 0.622. The molecule has 88 valence electrons. The SMILES string of the molecule is CC(NCCN1CCN(C)CC1)C1CC1. The Morgan fingerprint density at radius 1 is 1.20 bits per heavy atom. The summed E-state index contributed by atoms with van der Waals surface area (Å²) in [6, 6.07) is 0.748. The normalized spacial score (nSPS) is 26.8. The van der Waals surface area contributed by atoms with Crippen molar-refractivity contribution in [2.24, 2.45) is 5.92 Å². The summed E-state index contributed by atoms with van der Waals surface area (Å²) >= 11 is 0. The van der Waals surface area contributed by atoms with E-state index in [4.69, 9.17) is 0 Å². The van der Waals surface area contributed by atoms with Crippen molar-refractivity contribution in [3.63, 3.8) is 0 Å². The van der Waals surface area contributed by atoms with E-state index in [-0.39, 0.29) is 0 Å². The molecule has 3 nitrogen and oxygen atoms in total. The lowest BCUT2D eigenvalue weighted by Crippen LogP contribution is -2.47. The molecular formula is C12H25N3. The molecule has 0 bridgehead atoms. The molecule has 0 spiro atoms. The largest absolute Gasteiger partial charge is 0.313 e. The van der Waals surface area contributed by atoms with Gasteiger partial charge in [-0.15, -0.1) is 0 Å². The van der Waals surface area contributed by atoms with Gasteiger partial charge >= 0.3 is 0 Å². The van der Waals surface area contributed by atoms with Gasteiger partial charge in [0.15, 0.2) is 0 Å². The predicted molar refractivity (Wildman–Crippen MR) is 64.1 cm³/mol. The summed E-state index contributed by atoms with van der Waals surface area (Å²) in [6.45, 7) is 9.69. The summed E-state index contributed by atoms with van der Waals surface area (Å²) in [5.41, 5.74) is 0. The van der Waals surface area contributed by atoms with Gasteiger partial charge < -0.3 is 10.2 Å². The minimum atomic E-state index is 0.748. The molecule has 0 radical (unpaired) electrons. The average Bonchev–Trinajstić information content (AvgIpc) is 3.04. The second-order valence-electron chi connectivity index (χ2n) is 5.23. The van der Waals surface area contributed by atoms with Crippen LogP contribution >= 0.6 is 0 Å². The second kappa shape index (κ2) is 5.28. The summed E-state index contributed by atoms with van der Waals surface area (Å²) in [4.78, 5) is 4.99. The highest BCUT2D eigenvalue weighted by Crippen LogP contribution is 2.32. The van der Waals surface area contributed by atoms with Crippen molar-refractivity contribution >= 4 is 0 Å². The molecule has 1 heterocycles. The van der Waals surface area contributed by atoms with Crippen molar-refractivity contribution in [1.29, 1.82) is 0 Å². The Labute approximate surface area is 93.8 Å². The Hall–Kier alpha value is -0.120. The van der Waals surface area contributed by atoms with E-state index in [2.05, 4.69) is 29.1 Å². The van der Waals surface area contributed by atoms with E-state index in [1.807, 2.05) is 0 Å². The molecule has 1 N–H and O–H groups in total. The smallest absolute Gasteiger partial charge is 0.0110 e. The molecule has 1 aliphatic carbocycles. The monoisotopic (exact) mass is 211 g/mol. The summed E-state index contributed by atoms with van der Waals surface area (Å²) < 4.78 is 0. The van der Waals surface area contributed by atoms with E-state index in [0.29, 0.717) is 0 Å². The van der Waals surface area contributed by atoms with Crippen LogP contribution in [0.5, 0.6) is 0 Å². The van der Waals surface area contributed by atoms with Crippen LogP contribution in [0.2, 0.25) is 0 Å². The molecule has 1 atom stereocenters. The van der Waals surface area contributed by atoms with Crippen molar-refractivity contribution in [3.8, 4) is 0 Å². The fraction of sp³-hybridized carbons (Fsp3) is 1.00. The minimum absolute atomic E-state index is 0.748. The van der Waals surface area contributed by atoms with Gasteiger partial charge in [-0.25, -0.2) is 0 Å². The van der Waals surface area contributed by atoms with Crippen LogP contribution in [-0.4, -0.2) is 62.2 Å². The molecule has 15 heavy (non-hydrogen) atoms. The fourth-order valence-electron chi connectivity index (χ4n) is 2.28. The highest BCUT2D eigenvalue weighted by Gasteiger charge is 2.27. The van der Waals surface area contributed by atoms with Gasteiger partial charge in [-0.1, -0.05) is 0 Å². The van der Waals surface area contributed by atoms with Crippen LogP contribution < -0.4 is 5.32 Å². The average molecular weight is 211 g/mol. The zero-order valence-corrected chi connectivity index (χ0v) is 10.2. The van der Waals surface area contributed by atoms with Crippen molar-refractivity contribution in [1.82, 2.24) is 15.1 Å². The highest BCUT2D eigenvalue weighted by atomic mass is 15.2. The number of nitrogens with one attached hydrogen (secondary N) is 1. The Morgan fingerprint density at radius 3 is 2.47 bits per heavy atom. The van der Waals surface area contributed by atoms with Gasteiger partial charge in [0.2, 0.25) is 0 Å². The van der Waals surface area contributed by atoms with E-state index >= 15 is 0 Å². The Kier molecular flexibility index (Phi) is 4.00. The third-order valence-electron chi connectivity index (χ3n) is 3.82. The Bertz CT molecular complexity index is 183. The molecular weight excluding hydrogens is 186 g/mol. The minimum Gasteiger partial charge on any atom is -0.313 e. The number of hydrogen-bond donors (Lipinski definition) is 1. The van der Waals surface area contributed by atoms with Crippen LogP contribution in [0.4, 0.5) is 0 Å². The van der Waals surface area contributed by atoms with Gasteiger partial charge in [0, 0.05) is 45.3 Å². The van der Waals surface area contributed by atoms with Crippen LogP contribution in [-0.2, 0) is 0 Å². The summed E-state index contributed by atoms with van der Waals surface area (Å²) in [5.74, 6) is 0.984. The van der Waals surface area contributed by atoms with Crippen molar-refractivity contribution in [3.05, 3.63) is 0 Å². The third kappa shape index (κ3) is 3.74. The number of hydrogen-bond acceptors (Lipinski definition) is 3. The molecule has 2 rings (SSSR count). The maximum atomic E-state index is 3.65. The van der Waals surface area contributed by atoms with Crippen molar-refractivity contribution < 1.29 is 0 Å². The molecule has 1 saturated heterocycles. The molecule has 1 aliphatic heterocycles. The van der Waals surface area contributed by atoms with Crippen molar-refractivity contribution in [2.75, 3.05) is 46.3 Å². The Balaban J connectivity index is 1.53. The number of rotatable bonds is 5. The zero-order valence-electron chi connectivity index (χ0n) is 10.2. The summed E-state index contributed by atoms with van der Waals surface area (Å²) in [6.07, 6.45) is 2.89. The van der Waals surface area contributed by atoms with E-state index in [1.165, 1.54) is 52.1 Å². The van der Waals surface area contributed by atoms with Crippen LogP contribution in [0.15, 0.2) is 0 Å². The van der Waals surface area contributed by atoms with Gasteiger partial charge in [-0.05, 0) is 32.7 Å². The van der Waals surface area contributed by atoms with E-state index in [9.17, 15) is 0 Å². The molecule has 0 aromatic heterocycles. The lowest BCUT2D eigenvalue weighted by atomic mass is 10.2. The molecule has 2 aliphatic rings. The first-order valence-corrected chi connectivity index (χ1v) is 6.40. The topological polar surface area (TPSA) is 18.5 Å². The highest BCUT2D eigenvalue weighted by molar-refractivity contribution is 4.83. The molecule has 0 amide bonds. The van der Waals surface area contributed by atoms with Gasteiger partial charge in [-0.3, -0.25) is 4.90 Å². The van der Waals surface area contributed by atoms with Crippen LogP contribution in [0.1, 0.15) is 19.8 Å². The first kappa shape index (κ1) is 11.4. The Morgan fingerprint density at radius 2 is 1.87 bits per heavy atom. The van der Waals surface area contributed by atoms with Crippen LogP contribution in [0, 0.1) is 5.92 Å². The van der Waals surface area contributed by atoms with E-state index in [1.54, 1.807) is 0 Å². The zero-order chi connectivity index (χ0) is 10.7. The molecule has 3 heteroatoms. The molecule has 1 unspecified atom stereocenters. The van der Waals surface area contributed by atoms with Gasteiger partial charge in [0.25, 0.3) is 0 Å². The van der Waals surface area contributed by atoms with Crippen molar-refractivity contribution in [2.45, 2.75) is 25.8 Å². The maximum Gasteiger partial charge on any atom is 0.0110 e. The lowest BCUT2D eigenvalue weighted by Gasteiger charge is -2.32. The molecule has 1 saturated carbocycles. The fourth-order valence-corrected chi connectivity index (χ4v) is 2.28. The van der Waals surface area contributed by atoms with Crippen LogP contribution in [0.25, 0.3) is 0 Å².